The first kappa shape index (κ1) is 19.2. The second-order valence-corrected chi connectivity index (χ2v) is 7.06. The second kappa shape index (κ2) is 8.10. The number of ether oxygens (including phenoxy) is 1. The van der Waals surface area contributed by atoms with Gasteiger partial charge in [-0.2, -0.15) is 5.26 Å². The average Bonchev–Trinajstić information content (AvgIpc) is 3.58. The molecule has 0 aliphatic heterocycles. The molecular formula is C24H19N3O3. The lowest BCUT2D eigenvalue weighted by Crippen LogP contribution is -2.35. The summed E-state index contributed by atoms with van der Waals surface area (Å²) < 4.78 is 5.88. The van der Waals surface area contributed by atoms with Crippen LogP contribution in [0.25, 0.3) is 0 Å². The molecule has 0 atom stereocenters. The van der Waals surface area contributed by atoms with Gasteiger partial charge in [-0.05, 0) is 49.2 Å². The number of benzene rings is 3. The first-order valence-electron chi connectivity index (χ1n) is 9.56. The molecule has 0 bridgehead atoms. The number of carbonyl (C=O) groups is 2. The van der Waals surface area contributed by atoms with E-state index in [0.717, 1.165) is 0 Å². The van der Waals surface area contributed by atoms with Gasteiger partial charge < -0.3 is 15.4 Å². The summed E-state index contributed by atoms with van der Waals surface area (Å²) in [6.07, 6.45) is 0.891. The standard InChI is InChI=1S/C24H19N3O3/c25-16-17-8-4-5-11-19(17)26-22(28)24(14-15-24)23(29)27-20-12-6-7-13-21(20)30-18-9-2-1-3-10-18/h1-13H,14-15H2,(H,26,28)(H,27,29). The molecule has 1 fully saturated rings. The maximum absolute atomic E-state index is 13.0. The van der Waals surface area contributed by atoms with E-state index < -0.39 is 17.2 Å². The van der Waals surface area contributed by atoms with Gasteiger partial charge in [-0.1, -0.05) is 42.5 Å². The molecule has 3 aromatic rings. The van der Waals surface area contributed by atoms with Gasteiger partial charge in [0.05, 0.1) is 16.9 Å². The molecule has 1 aliphatic rings. The molecule has 30 heavy (non-hydrogen) atoms. The summed E-state index contributed by atoms with van der Waals surface area (Å²) in [5.41, 5.74) is 0.0889. The Morgan fingerprint density at radius 1 is 0.800 bits per heavy atom. The lowest BCUT2D eigenvalue weighted by molar-refractivity contribution is -0.131. The summed E-state index contributed by atoms with van der Waals surface area (Å²) in [6.45, 7) is 0. The molecule has 2 amide bonds. The maximum Gasteiger partial charge on any atom is 0.240 e. The third kappa shape index (κ3) is 3.87. The molecule has 3 aromatic carbocycles. The van der Waals surface area contributed by atoms with Crippen molar-refractivity contribution in [2.45, 2.75) is 12.8 Å². The molecule has 0 heterocycles. The summed E-state index contributed by atoms with van der Waals surface area (Å²) in [6, 6.07) is 25.1. The fourth-order valence-electron chi connectivity index (χ4n) is 3.13. The highest BCUT2D eigenvalue weighted by Gasteiger charge is 2.56. The van der Waals surface area contributed by atoms with Gasteiger partial charge in [-0.25, -0.2) is 0 Å². The number of nitrogens with zero attached hydrogens (tertiary/aromatic N) is 1. The topological polar surface area (TPSA) is 91.2 Å². The summed E-state index contributed by atoms with van der Waals surface area (Å²) >= 11 is 0. The van der Waals surface area contributed by atoms with E-state index in [1.807, 2.05) is 42.5 Å². The molecule has 0 saturated heterocycles. The molecule has 0 aromatic heterocycles. The zero-order valence-electron chi connectivity index (χ0n) is 16.1. The molecule has 2 N–H and O–H groups in total. The van der Waals surface area contributed by atoms with Gasteiger partial charge in [-0.3, -0.25) is 9.59 Å². The van der Waals surface area contributed by atoms with Crippen molar-refractivity contribution in [2.75, 3.05) is 10.6 Å². The molecule has 1 saturated carbocycles. The third-order valence-electron chi connectivity index (χ3n) is 5.02. The number of nitriles is 1. The minimum atomic E-state index is -1.15. The number of nitrogens with one attached hydrogen (secondary N) is 2. The van der Waals surface area contributed by atoms with Gasteiger partial charge >= 0.3 is 0 Å². The average molecular weight is 397 g/mol. The highest BCUT2D eigenvalue weighted by atomic mass is 16.5. The molecule has 0 spiro atoms. The first-order valence-corrected chi connectivity index (χ1v) is 9.56. The van der Waals surface area contributed by atoms with E-state index in [9.17, 15) is 14.9 Å². The predicted octanol–water partition coefficient (Wildman–Crippen LogP) is 4.71. The van der Waals surface area contributed by atoms with Gasteiger partial charge in [0.25, 0.3) is 0 Å². The number of carbonyl (C=O) groups excluding carboxylic acids is 2. The fourth-order valence-corrected chi connectivity index (χ4v) is 3.13. The Hall–Kier alpha value is -4.11. The predicted molar refractivity (Wildman–Crippen MR) is 113 cm³/mol. The van der Waals surface area contributed by atoms with Crippen LogP contribution < -0.4 is 15.4 Å². The largest absolute Gasteiger partial charge is 0.455 e. The van der Waals surface area contributed by atoms with E-state index in [2.05, 4.69) is 10.6 Å². The van der Waals surface area contributed by atoms with Crippen LogP contribution in [0.4, 0.5) is 11.4 Å². The molecule has 1 aliphatic carbocycles. The molecular weight excluding hydrogens is 378 g/mol. The van der Waals surface area contributed by atoms with Gasteiger partial charge in [0.1, 0.15) is 17.2 Å². The number of hydrogen-bond acceptors (Lipinski definition) is 4. The zero-order valence-corrected chi connectivity index (χ0v) is 16.1. The Balaban J connectivity index is 1.50. The van der Waals surface area contributed by atoms with Crippen LogP contribution in [0.3, 0.4) is 0 Å². The normalized spacial score (nSPS) is 13.6. The van der Waals surface area contributed by atoms with Crippen molar-refractivity contribution in [3.05, 3.63) is 84.4 Å². The molecule has 148 valence electrons. The molecule has 6 heteroatoms. The zero-order chi connectivity index (χ0) is 21.0. The Kier molecular flexibility index (Phi) is 5.19. The minimum Gasteiger partial charge on any atom is -0.455 e. The minimum absolute atomic E-state index is 0.351. The quantitative estimate of drug-likeness (QED) is 0.590. The third-order valence-corrected chi connectivity index (χ3v) is 5.02. The highest BCUT2D eigenvalue weighted by molar-refractivity contribution is 6.17. The Bertz CT molecular complexity index is 1130. The Morgan fingerprint density at radius 3 is 2.03 bits per heavy atom. The smallest absolute Gasteiger partial charge is 0.240 e. The van der Waals surface area contributed by atoms with E-state index in [1.54, 1.807) is 42.5 Å². The van der Waals surface area contributed by atoms with Crippen LogP contribution in [0.15, 0.2) is 78.9 Å². The lowest BCUT2D eigenvalue weighted by atomic mass is 10.0. The number of rotatable bonds is 6. The van der Waals surface area contributed by atoms with Crippen LogP contribution >= 0.6 is 0 Å². The molecule has 4 rings (SSSR count). The van der Waals surface area contributed by atoms with E-state index >= 15 is 0 Å². The number of amides is 2. The van der Waals surface area contributed by atoms with Crippen LogP contribution in [0.1, 0.15) is 18.4 Å². The van der Waals surface area contributed by atoms with Crippen molar-refractivity contribution in [3.63, 3.8) is 0 Å². The Labute approximate surface area is 174 Å². The van der Waals surface area contributed by atoms with Crippen LogP contribution in [0.2, 0.25) is 0 Å². The molecule has 0 radical (unpaired) electrons. The lowest BCUT2D eigenvalue weighted by Gasteiger charge is -2.17. The van der Waals surface area contributed by atoms with Gasteiger partial charge in [0.2, 0.25) is 11.8 Å². The number of hydrogen-bond donors (Lipinski definition) is 2. The van der Waals surface area contributed by atoms with E-state index in [-0.39, 0.29) is 0 Å². The number of anilines is 2. The van der Waals surface area contributed by atoms with E-state index in [4.69, 9.17) is 4.74 Å². The SMILES string of the molecule is N#Cc1ccccc1NC(=O)C1(C(=O)Nc2ccccc2Oc2ccccc2)CC1. The van der Waals surface area contributed by atoms with Crippen LogP contribution in [-0.2, 0) is 9.59 Å². The Morgan fingerprint density at radius 2 is 1.37 bits per heavy atom. The van der Waals surface area contributed by atoms with Crippen molar-refractivity contribution in [2.24, 2.45) is 5.41 Å². The molecule has 6 nitrogen and oxygen atoms in total. The monoisotopic (exact) mass is 397 g/mol. The molecule has 0 unspecified atom stereocenters. The van der Waals surface area contributed by atoms with E-state index in [1.165, 1.54) is 0 Å². The van der Waals surface area contributed by atoms with Crippen molar-refractivity contribution in [1.29, 1.82) is 5.26 Å². The van der Waals surface area contributed by atoms with Gasteiger partial charge in [-0.15, -0.1) is 0 Å². The van der Waals surface area contributed by atoms with Gasteiger partial charge in [0.15, 0.2) is 5.75 Å². The van der Waals surface area contributed by atoms with Crippen molar-refractivity contribution < 1.29 is 14.3 Å². The maximum atomic E-state index is 13.0. The first-order chi connectivity index (χ1) is 14.6. The second-order valence-electron chi connectivity index (χ2n) is 7.06. The van der Waals surface area contributed by atoms with Crippen LogP contribution in [0.5, 0.6) is 11.5 Å². The van der Waals surface area contributed by atoms with Crippen LogP contribution in [-0.4, -0.2) is 11.8 Å². The van der Waals surface area contributed by atoms with E-state index in [0.29, 0.717) is 41.3 Å². The summed E-state index contributed by atoms with van der Waals surface area (Å²) in [4.78, 5) is 25.9. The van der Waals surface area contributed by atoms with Crippen molar-refractivity contribution >= 4 is 23.2 Å². The van der Waals surface area contributed by atoms with Crippen molar-refractivity contribution in [1.82, 2.24) is 0 Å². The summed E-state index contributed by atoms with van der Waals surface area (Å²) in [5.74, 6) is 0.331. The van der Waals surface area contributed by atoms with Crippen molar-refractivity contribution in [3.8, 4) is 17.6 Å². The highest BCUT2D eigenvalue weighted by Crippen LogP contribution is 2.48. The van der Waals surface area contributed by atoms with Gasteiger partial charge in [0, 0.05) is 0 Å². The fraction of sp³-hybridized carbons (Fsp3) is 0.125. The summed E-state index contributed by atoms with van der Waals surface area (Å²) in [5, 5.41) is 14.8. The van der Waals surface area contributed by atoms with Crippen LogP contribution in [0, 0.1) is 16.7 Å². The summed E-state index contributed by atoms with van der Waals surface area (Å²) in [7, 11) is 0. The number of para-hydroxylation sites is 4.